The number of rotatable bonds is 12. The van der Waals surface area contributed by atoms with Gasteiger partial charge in [0.2, 0.25) is 5.91 Å². The predicted octanol–water partition coefficient (Wildman–Crippen LogP) is 5.55. The molecule has 1 amide bonds. The maximum Gasteiger partial charge on any atom is 0.217 e. The normalized spacial score (nSPS) is 17.1. The zero-order chi connectivity index (χ0) is 25.3. The average molecular weight is 487 g/mol. The number of aryl methyl sites for hydroxylation is 1. The molecule has 2 aromatic carbocycles. The molecule has 0 saturated heterocycles. The first kappa shape index (κ1) is 27.3. The summed E-state index contributed by atoms with van der Waals surface area (Å²) in [5, 5.41) is 17.5. The Morgan fingerprint density at radius 2 is 1.74 bits per heavy atom. The number of halogens is 2. The van der Waals surface area contributed by atoms with Crippen molar-refractivity contribution in [1.82, 2.24) is 10.6 Å². The molecule has 0 heterocycles. The Kier molecular flexibility index (Phi) is 10.2. The minimum Gasteiger partial charge on any atom is -0.390 e. The number of hydrogen-bond donors (Lipinski definition) is 3. The van der Waals surface area contributed by atoms with Gasteiger partial charge in [0.05, 0.1) is 12.1 Å². The highest BCUT2D eigenvalue weighted by Gasteiger charge is 2.35. The van der Waals surface area contributed by atoms with E-state index in [9.17, 15) is 18.7 Å². The van der Waals surface area contributed by atoms with Crippen LogP contribution in [-0.4, -0.2) is 29.7 Å². The van der Waals surface area contributed by atoms with Gasteiger partial charge in [0, 0.05) is 25.1 Å². The number of unbranched alkanes of at least 4 members (excludes halogenated alkanes) is 2. The average Bonchev–Trinajstić information content (AvgIpc) is 2.82. The van der Waals surface area contributed by atoms with Gasteiger partial charge < -0.3 is 15.7 Å². The van der Waals surface area contributed by atoms with Crippen molar-refractivity contribution in [2.24, 2.45) is 0 Å². The fourth-order valence-corrected chi connectivity index (χ4v) is 5.30. The summed E-state index contributed by atoms with van der Waals surface area (Å²) in [6, 6.07) is 11.4. The van der Waals surface area contributed by atoms with E-state index in [-0.39, 0.29) is 24.4 Å². The van der Waals surface area contributed by atoms with Crippen molar-refractivity contribution in [3.05, 3.63) is 70.8 Å². The second-order valence-electron chi connectivity index (χ2n) is 10.0. The minimum absolute atomic E-state index is 0.136. The Labute approximate surface area is 208 Å². The molecule has 1 saturated carbocycles. The molecule has 0 radical (unpaired) electrons. The van der Waals surface area contributed by atoms with Crippen LogP contribution < -0.4 is 10.6 Å². The van der Waals surface area contributed by atoms with Crippen LogP contribution in [-0.2, 0) is 23.2 Å². The first-order valence-electron chi connectivity index (χ1n) is 13.1. The summed E-state index contributed by atoms with van der Waals surface area (Å²) in [5.74, 6) is -1.64. The molecule has 35 heavy (non-hydrogen) atoms. The summed E-state index contributed by atoms with van der Waals surface area (Å²) in [5.41, 5.74) is 2.76. The lowest BCUT2D eigenvalue weighted by Gasteiger charge is -2.40. The summed E-state index contributed by atoms with van der Waals surface area (Å²) in [6.07, 6.45) is 9.27. The quantitative estimate of drug-likeness (QED) is 0.345. The van der Waals surface area contributed by atoms with Gasteiger partial charge in [0.15, 0.2) is 0 Å². The lowest BCUT2D eigenvalue weighted by molar-refractivity contribution is -0.120. The first-order valence-corrected chi connectivity index (χ1v) is 13.1. The summed E-state index contributed by atoms with van der Waals surface area (Å²) in [4.78, 5) is 11.8. The third-order valence-corrected chi connectivity index (χ3v) is 7.14. The second-order valence-corrected chi connectivity index (χ2v) is 10.0. The van der Waals surface area contributed by atoms with Crippen molar-refractivity contribution in [2.45, 2.75) is 95.7 Å². The number of nitrogens with one attached hydrogen (secondary N) is 2. The molecule has 1 aliphatic carbocycles. The van der Waals surface area contributed by atoms with E-state index in [1.54, 1.807) is 0 Å². The van der Waals surface area contributed by atoms with E-state index in [4.69, 9.17) is 0 Å². The molecule has 3 rings (SSSR count). The van der Waals surface area contributed by atoms with Gasteiger partial charge in [-0.15, -0.1) is 0 Å². The third kappa shape index (κ3) is 8.11. The molecule has 2 unspecified atom stereocenters. The van der Waals surface area contributed by atoms with Gasteiger partial charge in [-0.2, -0.15) is 0 Å². The number of aliphatic hydroxyl groups excluding tert-OH is 1. The lowest BCUT2D eigenvalue weighted by Crippen LogP contribution is -2.53. The minimum atomic E-state index is -0.920. The first-order chi connectivity index (χ1) is 16.8. The van der Waals surface area contributed by atoms with Crippen molar-refractivity contribution in [2.75, 3.05) is 6.54 Å². The van der Waals surface area contributed by atoms with Crippen LogP contribution in [0.25, 0.3) is 0 Å². The van der Waals surface area contributed by atoms with Crippen molar-refractivity contribution in [3.63, 3.8) is 0 Å². The highest BCUT2D eigenvalue weighted by molar-refractivity contribution is 5.73. The highest BCUT2D eigenvalue weighted by atomic mass is 19.1. The molecular weight excluding hydrogens is 446 g/mol. The van der Waals surface area contributed by atoms with Crippen LogP contribution in [0.2, 0.25) is 0 Å². The van der Waals surface area contributed by atoms with Gasteiger partial charge in [-0.05, 0) is 60.9 Å². The smallest absolute Gasteiger partial charge is 0.217 e. The zero-order valence-corrected chi connectivity index (χ0v) is 21.1. The molecule has 2 atom stereocenters. The maximum absolute atomic E-state index is 13.7. The topological polar surface area (TPSA) is 61.4 Å². The number of hydrogen-bond acceptors (Lipinski definition) is 3. The molecule has 1 aliphatic rings. The third-order valence-electron chi connectivity index (χ3n) is 7.14. The van der Waals surface area contributed by atoms with Crippen LogP contribution in [0.5, 0.6) is 0 Å². The van der Waals surface area contributed by atoms with Crippen molar-refractivity contribution < 1.29 is 18.7 Å². The van der Waals surface area contributed by atoms with Crippen LogP contribution in [0.1, 0.15) is 81.9 Å². The van der Waals surface area contributed by atoms with Crippen molar-refractivity contribution in [1.29, 1.82) is 0 Å². The fraction of sp³-hybridized carbons (Fsp3) is 0.552. The lowest BCUT2D eigenvalue weighted by atomic mass is 9.76. The molecule has 2 aromatic rings. The van der Waals surface area contributed by atoms with Gasteiger partial charge in [-0.3, -0.25) is 4.79 Å². The molecular formula is C29H40F2N2O2. The number of carbonyl (C=O) groups excluding carboxylic acids is 1. The molecule has 3 N–H and O–H groups in total. The Morgan fingerprint density at radius 1 is 1.03 bits per heavy atom. The molecule has 0 spiro atoms. The van der Waals surface area contributed by atoms with E-state index >= 15 is 0 Å². The van der Waals surface area contributed by atoms with Crippen LogP contribution in [0, 0.1) is 11.6 Å². The SMILES string of the molecule is CCCCCc1cccc(C2(NCC(O)C(Cc3cc(F)cc(F)c3)NC(C)=O)CCCCC2)c1. The molecule has 0 aromatic heterocycles. The summed E-state index contributed by atoms with van der Waals surface area (Å²) < 4.78 is 27.4. The summed E-state index contributed by atoms with van der Waals surface area (Å²) >= 11 is 0. The molecule has 6 heteroatoms. The van der Waals surface area contributed by atoms with Gasteiger partial charge in [0.25, 0.3) is 0 Å². The summed E-state index contributed by atoms with van der Waals surface area (Å²) in [7, 11) is 0. The number of carbonyl (C=O) groups is 1. The Morgan fingerprint density at radius 3 is 2.40 bits per heavy atom. The van der Waals surface area contributed by atoms with E-state index in [0.717, 1.165) is 38.2 Å². The standard InChI is InChI=1S/C29H40F2N2O2/c1-3-4-6-10-22-11-9-12-24(15-22)29(13-7-5-8-14-29)32-20-28(35)27(33-21(2)34)18-23-16-25(30)19-26(31)17-23/h9,11-12,15-17,19,27-28,32,35H,3-8,10,13-14,18,20H2,1-2H3,(H,33,34). The monoisotopic (exact) mass is 486 g/mol. The fourth-order valence-electron chi connectivity index (χ4n) is 5.30. The largest absolute Gasteiger partial charge is 0.390 e. The molecule has 0 aliphatic heterocycles. The van der Waals surface area contributed by atoms with Crippen LogP contribution in [0.15, 0.2) is 42.5 Å². The summed E-state index contributed by atoms with van der Waals surface area (Å²) in [6.45, 7) is 3.86. The molecule has 0 bridgehead atoms. The maximum atomic E-state index is 13.7. The van der Waals surface area contributed by atoms with Crippen LogP contribution >= 0.6 is 0 Å². The van der Waals surface area contributed by atoms with E-state index in [2.05, 4.69) is 41.8 Å². The van der Waals surface area contributed by atoms with Gasteiger partial charge >= 0.3 is 0 Å². The highest BCUT2D eigenvalue weighted by Crippen LogP contribution is 2.37. The number of aliphatic hydroxyl groups is 1. The number of amides is 1. The van der Waals surface area contributed by atoms with E-state index in [1.807, 2.05) is 0 Å². The second kappa shape index (κ2) is 13.1. The van der Waals surface area contributed by atoms with E-state index in [0.29, 0.717) is 5.56 Å². The van der Waals surface area contributed by atoms with Gasteiger partial charge in [-0.25, -0.2) is 8.78 Å². The van der Waals surface area contributed by atoms with Gasteiger partial charge in [-0.1, -0.05) is 63.3 Å². The Hall–Kier alpha value is -2.31. The van der Waals surface area contributed by atoms with Gasteiger partial charge in [0.1, 0.15) is 11.6 Å². The predicted molar refractivity (Wildman–Crippen MR) is 136 cm³/mol. The Bertz CT molecular complexity index is 939. The van der Waals surface area contributed by atoms with Crippen LogP contribution in [0.4, 0.5) is 8.78 Å². The molecule has 1 fully saturated rings. The zero-order valence-electron chi connectivity index (χ0n) is 21.1. The molecule has 192 valence electrons. The Balaban J connectivity index is 1.75. The van der Waals surface area contributed by atoms with Crippen molar-refractivity contribution in [3.8, 4) is 0 Å². The van der Waals surface area contributed by atoms with Crippen LogP contribution in [0.3, 0.4) is 0 Å². The number of benzene rings is 2. The van der Waals surface area contributed by atoms with E-state index < -0.39 is 23.8 Å². The molecule has 4 nitrogen and oxygen atoms in total. The van der Waals surface area contributed by atoms with E-state index in [1.165, 1.54) is 55.9 Å². The van der Waals surface area contributed by atoms with Crippen molar-refractivity contribution >= 4 is 5.91 Å².